The van der Waals surface area contributed by atoms with Crippen LogP contribution in [0.4, 0.5) is 0 Å². The SMILES string of the molecule is CCCN1CCC(NC(=NC)NCc2cccc(CN3CCOC(C)C3)c2)CC1.I. The number of halogens is 1. The van der Waals surface area contributed by atoms with Crippen LogP contribution in [0.5, 0.6) is 0 Å². The molecular weight excluding hydrogens is 489 g/mol. The summed E-state index contributed by atoms with van der Waals surface area (Å²) >= 11 is 0. The van der Waals surface area contributed by atoms with Gasteiger partial charge in [-0.3, -0.25) is 9.89 Å². The van der Waals surface area contributed by atoms with E-state index in [2.05, 4.69) is 63.5 Å². The number of hydrogen-bond donors (Lipinski definition) is 2. The Labute approximate surface area is 199 Å². The molecule has 30 heavy (non-hydrogen) atoms. The first-order valence-electron chi connectivity index (χ1n) is 11.3. The lowest BCUT2D eigenvalue weighted by Crippen LogP contribution is -2.48. The minimum Gasteiger partial charge on any atom is -0.376 e. The molecule has 2 aliphatic rings. The van der Waals surface area contributed by atoms with Crippen LogP contribution in [0.15, 0.2) is 29.3 Å². The number of guanidine groups is 1. The summed E-state index contributed by atoms with van der Waals surface area (Å²) in [7, 11) is 1.86. The highest BCUT2D eigenvalue weighted by Gasteiger charge is 2.19. The average Bonchev–Trinajstić information content (AvgIpc) is 2.73. The maximum absolute atomic E-state index is 5.65. The first-order chi connectivity index (χ1) is 14.2. The largest absolute Gasteiger partial charge is 0.376 e. The van der Waals surface area contributed by atoms with Gasteiger partial charge in [0.05, 0.1) is 12.7 Å². The van der Waals surface area contributed by atoms with Crippen molar-refractivity contribution >= 4 is 29.9 Å². The van der Waals surface area contributed by atoms with E-state index in [1.54, 1.807) is 0 Å². The van der Waals surface area contributed by atoms with Gasteiger partial charge in [-0.15, -0.1) is 24.0 Å². The topological polar surface area (TPSA) is 52.1 Å². The predicted molar refractivity (Wildman–Crippen MR) is 136 cm³/mol. The summed E-state index contributed by atoms with van der Waals surface area (Å²) in [6.07, 6.45) is 3.95. The van der Waals surface area contributed by atoms with E-state index >= 15 is 0 Å². The molecule has 2 saturated heterocycles. The number of nitrogens with zero attached hydrogens (tertiary/aromatic N) is 3. The Bertz CT molecular complexity index is 648. The van der Waals surface area contributed by atoms with Crippen LogP contribution in [-0.2, 0) is 17.8 Å². The van der Waals surface area contributed by atoms with Crippen LogP contribution < -0.4 is 10.6 Å². The molecule has 0 aromatic heterocycles. The van der Waals surface area contributed by atoms with Crippen LogP contribution >= 0.6 is 24.0 Å². The number of rotatable bonds is 7. The summed E-state index contributed by atoms with van der Waals surface area (Å²) in [5.41, 5.74) is 2.66. The fourth-order valence-corrected chi connectivity index (χ4v) is 4.32. The van der Waals surface area contributed by atoms with E-state index in [0.717, 1.165) is 38.7 Å². The van der Waals surface area contributed by atoms with Crippen molar-refractivity contribution in [2.24, 2.45) is 4.99 Å². The van der Waals surface area contributed by atoms with E-state index in [0.29, 0.717) is 12.1 Å². The third-order valence-electron chi connectivity index (χ3n) is 5.87. The molecule has 0 amide bonds. The van der Waals surface area contributed by atoms with Gasteiger partial charge in [-0.25, -0.2) is 0 Å². The second kappa shape index (κ2) is 13.5. The van der Waals surface area contributed by atoms with Crippen molar-refractivity contribution in [1.29, 1.82) is 0 Å². The quantitative estimate of drug-likeness (QED) is 0.323. The third-order valence-corrected chi connectivity index (χ3v) is 5.87. The van der Waals surface area contributed by atoms with Gasteiger partial charge >= 0.3 is 0 Å². The Balaban J connectivity index is 0.00000320. The maximum Gasteiger partial charge on any atom is 0.191 e. The molecule has 1 unspecified atom stereocenters. The number of likely N-dealkylation sites (tertiary alicyclic amines) is 1. The van der Waals surface area contributed by atoms with Crippen molar-refractivity contribution in [3.63, 3.8) is 0 Å². The van der Waals surface area contributed by atoms with Crippen molar-refractivity contribution in [2.45, 2.75) is 58.3 Å². The number of nitrogens with one attached hydrogen (secondary N) is 2. The number of piperidine rings is 1. The summed E-state index contributed by atoms with van der Waals surface area (Å²) in [4.78, 5) is 9.48. The highest BCUT2D eigenvalue weighted by atomic mass is 127. The fourth-order valence-electron chi connectivity index (χ4n) is 4.32. The molecule has 2 fully saturated rings. The smallest absolute Gasteiger partial charge is 0.191 e. The molecule has 3 rings (SSSR count). The molecule has 0 aliphatic carbocycles. The van der Waals surface area contributed by atoms with Gasteiger partial charge in [-0.05, 0) is 43.9 Å². The van der Waals surface area contributed by atoms with Crippen molar-refractivity contribution in [3.8, 4) is 0 Å². The molecule has 0 saturated carbocycles. The Morgan fingerprint density at radius 2 is 1.93 bits per heavy atom. The molecule has 0 bridgehead atoms. The average molecular weight is 530 g/mol. The van der Waals surface area contributed by atoms with E-state index in [4.69, 9.17) is 4.74 Å². The van der Waals surface area contributed by atoms with Crippen molar-refractivity contribution in [1.82, 2.24) is 20.4 Å². The molecule has 1 aromatic carbocycles. The number of morpholine rings is 1. The van der Waals surface area contributed by atoms with Gasteiger partial charge in [-0.1, -0.05) is 31.2 Å². The second-order valence-corrected chi connectivity index (χ2v) is 8.42. The second-order valence-electron chi connectivity index (χ2n) is 8.42. The molecule has 0 spiro atoms. The van der Waals surface area contributed by atoms with Crippen LogP contribution in [-0.4, -0.2) is 74.3 Å². The molecule has 0 radical (unpaired) electrons. The Morgan fingerprint density at radius 1 is 1.17 bits per heavy atom. The lowest BCUT2D eigenvalue weighted by molar-refractivity contribution is -0.0212. The van der Waals surface area contributed by atoms with Gasteiger partial charge in [0.2, 0.25) is 0 Å². The monoisotopic (exact) mass is 529 g/mol. The van der Waals surface area contributed by atoms with Crippen LogP contribution in [0.3, 0.4) is 0 Å². The predicted octanol–water partition coefficient (Wildman–Crippen LogP) is 3.06. The maximum atomic E-state index is 5.65. The lowest BCUT2D eigenvalue weighted by atomic mass is 10.1. The van der Waals surface area contributed by atoms with E-state index in [1.807, 2.05) is 7.05 Å². The molecule has 170 valence electrons. The Morgan fingerprint density at radius 3 is 2.63 bits per heavy atom. The van der Waals surface area contributed by atoms with E-state index in [1.165, 1.54) is 50.0 Å². The molecule has 6 nitrogen and oxygen atoms in total. The van der Waals surface area contributed by atoms with Crippen LogP contribution in [0.2, 0.25) is 0 Å². The number of hydrogen-bond acceptors (Lipinski definition) is 4. The van der Waals surface area contributed by atoms with Gasteiger partial charge in [0.1, 0.15) is 0 Å². The van der Waals surface area contributed by atoms with Crippen LogP contribution in [0.25, 0.3) is 0 Å². The third kappa shape index (κ3) is 8.32. The summed E-state index contributed by atoms with van der Waals surface area (Å²) in [6, 6.07) is 9.40. The highest BCUT2D eigenvalue weighted by molar-refractivity contribution is 14.0. The van der Waals surface area contributed by atoms with Crippen molar-refractivity contribution < 1.29 is 4.74 Å². The van der Waals surface area contributed by atoms with Gasteiger partial charge in [0, 0.05) is 52.4 Å². The fraction of sp³-hybridized carbons (Fsp3) is 0.696. The van der Waals surface area contributed by atoms with E-state index in [-0.39, 0.29) is 24.0 Å². The zero-order valence-electron chi connectivity index (χ0n) is 18.9. The van der Waals surface area contributed by atoms with Gasteiger partial charge < -0.3 is 20.3 Å². The van der Waals surface area contributed by atoms with E-state index < -0.39 is 0 Å². The summed E-state index contributed by atoms with van der Waals surface area (Å²) in [5.74, 6) is 0.909. The van der Waals surface area contributed by atoms with Gasteiger partial charge in [0.15, 0.2) is 5.96 Å². The van der Waals surface area contributed by atoms with Crippen molar-refractivity contribution in [2.75, 3.05) is 46.4 Å². The van der Waals surface area contributed by atoms with E-state index in [9.17, 15) is 0 Å². The lowest BCUT2D eigenvalue weighted by Gasteiger charge is -2.32. The number of aliphatic imine (C=N–C) groups is 1. The first-order valence-corrected chi connectivity index (χ1v) is 11.3. The van der Waals surface area contributed by atoms with Crippen LogP contribution in [0, 0.1) is 0 Å². The Hall–Kier alpha value is -0.900. The minimum absolute atomic E-state index is 0. The molecular formula is C23H40IN5O. The number of ether oxygens (including phenoxy) is 1. The zero-order chi connectivity index (χ0) is 20.5. The summed E-state index contributed by atoms with van der Waals surface area (Å²) < 4.78 is 5.65. The summed E-state index contributed by atoms with van der Waals surface area (Å²) in [6.45, 7) is 12.6. The number of benzene rings is 1. The van der Waals surface area contributed by atoms with Gasteiger partial charge in [-0.2, -0.15) is 0 Å². The molecule has 2 heterocycles. The summed E-state index contributed by atoms with van der Waals surface area (Å²) in [5, 5.41) is 7.11. The molecule has 2 aliphatic heterocycles. The standard InChI is InChI=1S/C23H39N5O.HI/c1-4-10-27-11-8-22(9-12-27)26-23(24-3)25-16-20-6-5-7-21(15-20)18-28-13-14-29-19(2)17-28;/h5-7,15,19,22H,4,8-14,16-18H2,1-3H3,(H2,24,25,26);1H. The molecule has 7 heteroatoms. The first kappa shape index (κ1) is 25.4. The van der Waals surface area contributed by atoms with Crippen LogP contribution in [0.1, 0.15) is 44.2 Å². The van der Waals surface area contributed by atoms with Crippen molar-refractivity contribution in [3.05, 3.63) is 35.4 Å². The zero-order valence-corrected chi connectivity index (χ0v) is 21.2. The normalized spacial score (nSPS) is 21.8. The van der Waals surface area contributed by atoms with Gasteiger partial charge in [0.25, 0.3) is 0 Å². The Kier molecular flexibility index (Phi) is 11.4. The molecule has 2 N–H and O–H groups in total. The molecule has 1 aromatic rings. The molecule has 1 atom stereocenters. The minimum atomic E-state index is 0. The highest BCUT2D eigenvalue weighted by Crippen LogP contribution is 2.13.